The lowest BCUT2D eigenvalue weighted by atomic mass is 10.1. The number of benzene rings is 1. The lowest BCUT2D eigenvalue weighted by Gasteiger charge is -2.22. The Morgan fingerprint density at radius 1 is 1.04 bits per heavy atom. The van der Waals surface area contributed by atoms with Gasteiger partial charge in [-0.25, -0.2) is 0 Å². The zero-order chi connectivity index (χ0) is 18.5. The highest BCUT2D eigenvalue weighted by Crippen LogP contribution is 2.31. The van der Waals surface area contributed by atoms with E-state index in [2.05, 4.69) is 11.9 Å². The molecule has 1 saturated carbocycles. The third-order valence-corrected chi connectivity index (χ3v) is 4.87. The van der Waals surface area contributed by atoms with Crippen LogP contribution in [0.5, 0.6) is 0 Å². The van der Waals surface area contributed by atoms with Crippen molar-refractivity contribution in [1.82, 2.24) is 15.1 Å². The molecular weight excluding hydrogens is 330 g/mol. The van der Waals surface area contributed by atoms with Gasteiger partial charge in [-0.2, -0.15) is 0 Å². The van der Waals surface area contributed by atoms with Crippen LogP contribution in [-0.2, 0) is 16.1 Å². The van der Waals surface area contributed by atoms with Crippen molar-refractivity contribution >= 4 is 17.7 Å². The number of rotatable bonds is 5. The van der Waals surface area contributed by atoms with Gasteiger partial charge in [-0.05, 0) is 43.0 Å². The highest BCUT2D eigenvalue weighted by atomic mass is 16.2. The van der Waals surface area contributed by atoms with Crippen molar-refractivity contribution in [2.45, 2.75) is 25.8 Å². The quantitative estimate of drug-likeness (QED) is 0.815. The van der Waals surface area contributed by atoms with E-state index in [4.69, 9.17) is 0 Å². The minimum atomic E-state index is -0.222. The molecule has 6 nitrogen and oxygen atoms in total. The molecule has 26 heavy (non-hydrogen) atoms. The summed E-state index contributed by atoms with van der Waals surface area (Å²) in [6.45, 7) is 6.42. The average molecular weight is 355 g/mol. The van der Waals surface area contributed by atoms with Crippen LogP contribution in [0.1, 0.15) is 35.2 Å². The smallest absolute Gasteiger partial charge is 0.253 e. The zero-order valence-electron chi connectivity index (χ0n) is 14.9. The number of hydrogen-bond acceptors (Lipinski definition) is 3. The van der Waals surface area contributed by atoms with Crippen LogP contribution < -0.4 is 5.32 Å². The van der Waals surface area contributed by atoms with Crippen LogP contribution in [0.4, 0.5) is 0 Å². The van der Waals surface area contributed by atoms with E-state index >= 15 is 0 Å². The molecule has 138 valence electrons. The Labute approximate surface area is 153 Å². The summed E-state index contributed by atoms with van der Waals surface area (Å²) >= 11 is 0. The zero-order valence-corrected chi connectivity index (χ0v) is 14.9. The normalized spacial score (nSPS) is 17.4. The molecule has 0 atom stereocenters. The Balaban J connectivity index is 1.55. The van der Waals surface area contributed by atoms with Crippen LogP contribution in [0.2, 0.25) is 0 Å². The maximum atomic E-state index is 12.7. The van der Waals surface area contributed by atoms with Crippen molar-refractivity contribution in [3.63, 3.8) is 0 Å². The molecule has 1 aromatic rings. The van der Waals surface area contributed by atoms with Gasteiger partial charge >= 0.3 is 0 Å². The minimum absolute atomic E-state index is 0.00704. The molecule has 0 radical (unpaired) electrons. The van der Waals surface area contributed by atoms with Crippen LogP contribution in [0, 0.1) is 5.92 Å². The highest BCUT2D eigenvalue weighted by molar-refractivity contribution is 5.94. The molecule has 0 unspecified atom stereocenters. The number of carbonyl (C=O) groups is 3. The number of amides is 3. The van der Waals surface area contributed by atoms with E-state index in [0.29, 0.717) is 31.7 Å². The topological polar surface area (TPSA) is 69.7 Å². The second-order valence-electron chi connectivity index (χ2n) is 6.86. The van der Waals surface area contributed by atoms with Crippen molar-refractivity contribution in [1.29, 1.82) is 0 Å². The van der Waals surface area contributed by atoms with E-state index in [1.165, 1.54) is 6.08 Å². The first-order chi connectivity index (χ1) is 12.6. The van der Waals surface area contributed by atoms with Gasteiger partial charge in [0.1, 0.15) is 0 Å². The van der Waals surface area contributed by atoms with E-state index in [1.807, 2.05) is 21.9 Å². The first-order valence-corrected chi connectivity index (χ1v) is 9.16. The number of hydrogen-bond donors (Lipinski definition) is 1. The van der Waals surface area contributed by atoms with E-state index in [1.54, 1.807) is 12.1 Å². The predicted octanol–water partition coefficient (Wildman–Crippen LogP) is 1.57. The Hall–Kier alpha value is -2.63. The fourth-order valence-corrected chi connectivity index (χ4v) is 3.14. The molecule has 1 aromatic carbocycles. The molecule has 2 fully saturated rings. The summed E-state index contributed by atoms with van der Waals surface area (Å²) in [5.74, 6) is 0.254. The highest BCUT2D eigenvalue weighted by Gasteiger charge is 2.34. The summed E-state index contributed by atoms with van der Waals surface area (Å²) in [6.07, 6.45) is 4.07. The lowest BCUT2D eigenvalue weighted by molar-refractivity contribution is -0.132. The third kappa shape index (κ3) is 4.50. The molecule has 0 bridgehead atoms. The molecule has 1 N–H and O–H groups in total. The minimum Gasteiger partial charge on any atom is -0.348 e. The molecule has 6 heteroatoms. The molecule has 1 aliphatic heterocycles. The lowest BCUT2D eigenvalue weighted by Crippen LogP contribution is -2.38. The molecular formula is C20H25N3O3. The van der Waals surface area contributed by atoms with Gasteiger partial charge in [-0.3, -0.25) is 14.4 Å². The summed E-state index contributed by atoms with van der Waals surface area (Å²) in [6, 6.07) is 7.26. The van der Waals surface area contributed by atoms with Crippen molar-refractivity contribution in [2.24, 2.45) is 5.92 Å². The van der Waals surface area contributed by atoms with E-state index in [9.17, 15) is 14.4 Å². The number of nitrogens with zero attached hydrogens (tertiary/aromatic N) is 2. The number of carbonyl (C=O) groups excluding carboxylic acids is 3. The summed E-state index contributed by atoms with van der Waals surface area (Å²) in [7, 11) is 0. The summed E-state index contributed by atoms with van der Waals surface area (Å²) in [4.78, 5) is 39.9. The van der Waals surface area contributed by atoms with Gasteiger partial charge in [0, 0.05) is 44.2 Å². The average Bonchev–Trinajstić information content (AvgIpc) is 3.52. The van der Waals surface area contributed by atoms with Gasteiger partial charge in [-0.1, -0.05) is 18.7 Å². The molecule has 1 aliphatic carbocycles. The molecule has 1 saturated heterocycles. The third-order valence-electron chi connectivity index (χ3n) is 4.87. The van der Waals surface area contributed by atoms with E-state index in [0.717, 1.165) is 31.4 Å². The first-order valence-electron chi connectivity index (χ1n) is 9.16. The summed E-state index contributed by atoms with van der Waals surface area (Å²) in [5, 5.41) is 2.71. The maximum absolute atomic E-state index is 12.7. The van der Waals surface area contributed by atoms with Crippen LogP contribution >= 0.6 is 0 Å². The van der Waals surface area contributed by atoms with Crippen LogP contribution in [0.3, 0.4) is 0 Å². The van der Waals surface area contributed by atoms with E-state index < -0.39 is 0 Å². The van der Waals surface area contributed by atoms with Crippen molar-refractivity contribution in [2.75, 3.05) is 26.2 Å². The van der Waals surface area contributed by atoms with Crippen molar-refractivity contribution < 1.29 is 14.4 Å². The van der Waals surface area contributed by atoms with Crippen LogP contribution in [0.25, 0.3) is 0 Å². The van der Waals surface area contributed by atoms with Gasteiger partial charge in [0.25, 0.3) is 5.91 Å². The van der Waals surface area contributed by atoms with Gasteiger partial charge in [0.05, 0.1) is 0 Å². The van der Waals surface area contributed by atoms with Gasteiger partial charge in [0.2, 0.25) is 11.8 Å². The SMILES string of the molecule is C=CC(=O)NCc1ccc(C(=O)N2CCCN(C(=O)C3CC3)CC2)cc1. The van der Waals surface area contributed by atoms with Gasteiger partial charge in [0.15, 0.2) is 0 Å². The monoisotopic (exact) mass is 355 g/mol. The first kappa shape index (κ1) is 18.2. The standard InChI is InChI=1S/C20H25N3O3/c1-2-18(24)21-14-15-4-6-16(7-5-15)19(25)22-10-3-11-23(13-12-22)20(26)17-8-9-17/h2,4-7,17H,1,3,8-14H2,(H,21,24). The molecule has 3 rings (SSSR count). The Morgan fingerprint density at radius 3 is 2.35 bits per heavy atom. The van der Waals surface area contributed by atoms with Crippen LogP contribution in [0.15, 0.2) is 36.9 Å². The summed E-state index contributed by atoms with van der Waals surface area (Å²) < 4.78 is 0. The molecule has 0 aromatic heterocycles. The second-order valence-corrected chi connectivity index (χ2v) is 6.86. The van der Waals surface area contributed by atoms with Crippen LogP contribution in [-0.4, -0.2) is 53.7 Å². The van der Waals surface area contributed by atoms with Gasteiger partial charge in [-0.15, -0.1) is 0 Å². The fraction of sp³-hybridized carbons (Fsp3) is 0.450. The molecule has 0 spiro atoms. The largest absolute Gasteiger partial charge is 0.348 e. The van der Waals surface area contributed by atoms with Gasteiger partial charge < -0.3 is 15.1 Å². The molecule has 3 amide bonds. The predicted molar refractivity (Wildman–Crippen MR) is 98.3 cm³/mol. The Bertz CT molecular complexity index is 695. The Morgan fingerprint density at radius 2 is 1.69 bits per heavy atom. The molecule has 2 aliphatic rings. The number of nitrogens with one attached hydrogen (secondary N) is 1. The fourth-order valence-electron chi connectivity index (χ4n) is 3.14. The van der Waals surface area contributed by atoms with E-state index in [-0.39, 0.29) is 23.6 Å². The van der Waals surface area contributed by atoms with Crippen molar-refractivity contribution in [3.8, 4) is 0 Å². The Kier molecular flexibility index (Phi) is 5.71. The maximum Gasteiger partial charge on any atom is 0.253 e. The second kappa shape index (κ2) is 8.17. The molecule has 1 heterocycles. The summed E-state index contributed by atoms with van der Waals surface area (Å²) in [5.41, 5.74) is 1.56. The van der Waals surface area contributed by atoms with Crippen molar-refractivity contribution in [3.05, 3.63) is 48.0 Å².